The van der Waals surface area contributed by atoms with Crippen LogP contribution in [0.1, 0.15) is 12.5 Å². The molecule has 0 saturated carbocycles. The summed E-state index contributed by atoms with van der Waals surface area (Å²) in [6.07, 6.45) is 1.24. The summed E-state index contributed by atoms with van der Waals surface area (Å²) in [5.41, 5.74) is 0.0790. The number of ether oxygens (including phenoxy) is 1. The summed E-state index contributed by atoms with van der Waals surface area (Å²) < 4.78 is 5.66. The van der Waals surface area contributed by atoms with Gasteiger partial charge in [0.25, 0.3) is 11.8 Å². The largest absolute Gasteiger partial charge is 0.426 e. The maximum Gasteiger partial charge on any atom is 0.328 e. The Balaban J connectivity index is 2.45. The Kier molecular flexibility index (Phi) is 4.18. The Bertz CT molecular complexity index is 674. The number of carbonyl (C=O) groups excluding carboxylic acids is 4. The maximum absolute atomic E-state index is 11.7. The smallest absolute Gasteiger partial charge is 0.328 e. The number of urea groups is 1. The topological polar surface area (TPSA) is 102 Å². The van der Waals surface area contributed by atoms with E-state index in [-0.39, 0.29) is 11.3 Å². The highest BCUT2D eigenvalue weighted by atomic mass is 79.9. The van der Waals surface area contributed by atoms with Gasteiger partial charge < -0.3 is 4.74 Å². The summed E-state index contributed by atoms with van der Waals surface area (Å²) in [6, 6.07) is 3.85. The summed E-state index contributed by atoms with van der Waals surface area (Å²) in [6.45, 7) is 1.23. The van der Waals surface area contributed by atoms with Crippen LogP contribution >= 0.6 is 15.9 Å². The van der Waals surface area contributed by atoms with Crippen LogP contribution in [-0.4, -0.2) is 23.8 Å². The van der Waals surface area contributed by atoms with E-state index in [0.717, 1.165) is 0 Å². The molecule has 0 aromatic heterocycles. The predicted molar refractivity (Wildman–Crippen MR) is 75.1 cm³/mol. The van der Waals surface area contributed by atoms with E-state index in [2.05, 4.69) is 15.9 Å². The van der Waals surface area contributed by atoms with Crippen molar-refractivity contribution in [2.24, 2.45) is 0 Å². The number of esters is 1. The number of hydrogen-bond acceptors (Lipinski definition) is 5. The first-order valence-corrected chi connectivity index (χ1v) is 6.52. The lowest BCUT2D eigenvalue weighted by Gasteiger charge is -2.14. The Morgan fingerprint density at radius 3 is 2.38 bits per heavy atom. The molecule has 2 N–H and O–H groups in total. The van der Waals surface area contributed by atoms with Gasteiger partial charge in [0.2, 0.25) is 0 Å². The maximum atomic E-state index is 11.7. The third-order valence-electron chi connectivity index (χ3n) is 2.47. The molecule has 0 spiro atoms. The van der Waals surface area contributed by atoms with Crippen LogP contribution in [0.4, 0.5) is 4.79 Å². The monoisotopic (exact) mass is 352 g/mol. The van der Waals surface area contributed by atoms with Gasteiger partial charge in [-0.1, -0.05) is 15.9 Å². The van der Waals surface area contributed by atoms with E-state index in [1.54, 1.807) is 12.1 Å². The molecule has 1 aromatic rings. The number of halogens is 1. The zero-order chi connectivity index (χ0) is 15.6. The van der Waals surface area contributed by atoms with E-state index in [4.69, 9.17) is 4.74 Å². The normalized spacial score (nSPS) is 14.4. The van der Waals surface area contributed by atoms with Gasteiger partial charge in [-0.2, -0.15) is 0 Å². The molecule has 0 unspecified atom stereocenters. The van der Waals surface area contributed by atoms with Crippen LogP contribution in [0.2, 0.25) is 0 Å². The molecule has 1 heterocycles. The number of barbiturate groups is 1. The van der Waals surface area contributed by atoms with Gasteiger partial charge in [-0.25, -0.2) is 4.79 Å². The Morgan fingerprint density at radius 2 is 1.81 bits per heavy atom. The van der Waals surface area contributed by atoms with E-state index in [0.29, 0.717) is 10.0 Å². The molecule has 0 radical (unpaired) electrons. The van der Waals surface area contributed by atoms with Crippen LogP contribution < -0.4 is 15.4 Å². The average molecular weight is 353 g/mol. The van der Waals surface area contributed by atoms with Gasteiger partial charge in [0.05, 0.1) is 0 Å². The van der Waals surface area contributed by atoms with E-state index in [1.165, 1.54) is 19.1 Å². The fourth-order valence-electron chi connectivity index (χ4n) is 1.64. The first-order chi connectivity index (χ1) is 9.86. The fourth-order valence-corrected chi connectivity index (χ4v) is 2.02. The van der Waals surface area contributed by atoms with Gasteiger partial charge in [0.1, 0.15) is 11.3 Å². The van der Waals surface area contributed by atoms with Crippen molar-refractivity contribution in [2.75, 3.05) is 0 Å². The lowest BCUT2D eigenvalue weighted by Crippen LogP contribution is -2.51. The van der Waals surface area contributed by atoms with Crippen molar-refractivity contribution < 1.29 is 23.9 Å². The minimum absolute atomic E-state index is 0.190. The standard InChI is InChI=1S/C13H9BrN2O5/c1-6(17)21-10-3-2-8(14)4-7(10)5-9-11(18)15-13(20)16-12(9)19/h2-5H,1H3,(H2,15,16,18,19,20). The molecule has 0 atom stereocenters. The van der Waals surface area contributed by atoms with Gasteiger partial charge >= 0.3 is 12.0 Å². The zero-order valence-corrected chi connectivity index (χ0v) is 12.3. The second kappa shape index (κ2) is 5.88. The van der Waals surface area contributed by atoms with Crippen LogP contribution in [0.15, 0.2) is 28.2 Å². The fraction of sp³-hybridized carbons (Fsp3) is 0.0769. The highest BCUT2D eigenvalue weighted by Crippen LogP contribution is 2.26. The van der Waals surface area contributed by atoms with Crippen molar-refractivity contribution in [3.63, 3.8) is 0 Å². The first kappa shape index (κ1) is 14.9. The molecular weight excluding hydrogens is 344 g/mol. The number of carbonyl (C=O) groups is 4. The third kappa shape index (κ3) is 3.54. The van der Waals surface area contributed by atoms with Crippen molar-refractivity contribution >= 4 is 45.8 Å². The molecule has 1 aliphatic heterocycles. The highest BCUT2D eigenvalue weighted by molar-refractivity contribution is 9.10. The second-order valence-corrected chi connectivity index (χ2v) is 4.99. The van der Waals surface area contributed by atoms with E-state index in [1.807, 2.05) is 10.6 Å². The van der Waals surface area contributed by atoms with Gasteiger partial charge in [-0.05, 0) is 24.3 Å². The molecule has 2 rings (SSSR count). The molecule has 7 nitrogen and oxygen atoms in total. The van der Waals surface area contributed by atoms with Crippen LogP contribution in [0, 0.1) is 0 Å². The molecule has 8 heteroatoms. The Hall–Kier alpha value is -2.48. The number of nitrogens with one attached hydrogen (secondary N) is 2. The van der Waals surface area contributed by atoms with Crippen molar-refractivity contribution in [3.05, 3.63) is 33.8 Å². The van der Waals surface area contributed by atoms with Crippen LogP contribution in [0.3, 0.4) is 0 Å². The van der Waals surface area contributed by atoms with Crippen molar-refractivity contribution in [2.45, 2.75) is 6.92 Å². The number of rotatable bonds is 2. The molecule has 1 fully saturated rings. The van der Waals surface area contributed by atoms with Crippen molar-refractivity contribution in [1.82, 2.24) is 10.6 Å². The molecule has 4 amide bonds. The number of hydrogen-bond donors (Lipinski definition) is 2. The minimum Gasteiger partial charge on any atom is -0.426 e. The molecule has 1 saturated heterocycles. The Morgan fingerprint density at radius 1 is 1.19 bits per heavy atom. The SMILES string of the molecule is CC(=O)Oc1ccc(Br)cc1C=C1C(=O)NC(=O)NC1=O. The molecule has 21 heavy (non-hydrogen) atoms. The first-order valence-electron chi connectivity index (χ1n) is 5.73. The van der Waals surface area contributed by atoms with Gasteiger partial charge in [-0.15, -0.1) is 0 Å². The molecule has 1 aromatic carbocycles. The third-order valence-corrected chi connectivity index (χ3v) is 2.96. The molecule has 1 aliphatic rings. The summed E-state index contributed by atoms with van der Waals surface area (Å²) in [5, 5.41) is 3.91. The Labute approximate surface area is 127 Å². The predicted octanol–water partition coefficient (Wildman–Crippen LogP) is 1.12. The van der Waals surface area contributed by atoms with Crippen molar-refractivity contribution in [1.29, 1.82) is 0 Å². The van der Waals surface area contributed by atoms with E-state index >= 15 is 0 Å². The molecular formula is C13H9BrN2O5. The van der Waals surface area contributed by atoms with Crippen LogP contribution in [0.25, 0.3) is 6.08 Å². The minimum atomic E-state index is -0.878. The number of imide groups is 2. The summed E-state index contributed by atoms with van der Waals surface area (Å²) in [4.78, 5) is 45.4. The van der Waals surface area contributed by atoms with Crippen molar-refractivity contribution in [3.8, 4) is 5.75 Å². The molecule has 0 bridgehead atoms. The average Bonchev–Trinajstić information content (AvgIpc) is 2.36. The van der Waals surface area contributed by atoms with Crippen LogP contribution in [-0.2, 0) is 14.4 Å². The van der Waals surface area contributed by atoms with Gasteiger partial charge in [0, 0.05) is 17.0 Å². The quantitative estimate of drug-likeness (QED) is 0.359. The highest BCUT2D eigenvalue weighted by Gasteiger charge is 2.28. The zero-order valence-electron chi connectivity index (χ0n) is 10.7. The van der Waals surface area contributed by atoms with Gasteiger partial charge in [0.15, 0.2) is 0 Å². The lowest BCUT2D eigenvalue weighted by molar-refractivity contribution is -0.132. The lowest BCUT2D eigenvalue weighted by atomic mass is 10.1. The van der Waals surface area contributed by atoms with Gasteiger partial charge in [-0.3, -0.25) is 25.0 Å². The van der Waals surface area contributed by atoms with E-state index < -0.39 is 23.8 Å². The number of benzene rings is 1. The second-order valence-electron chi connectivity index (χ2n) is 4.07. The summed E-state index contributed by atoms with van der Waals surface area (Å²) in [7, 11) is 0. The summed E-state index contributed by atoms with van der Waals surface area (Å²) >= 11 is 3.24. The van der Waals surface area contributed by atoms with E-state index in [9.17, 15) is 19.2 Å². The summed E-state index contributed by atoms with van der Waals surface area (Å²) in [5.74, 6) is -1.99. The number of amides is 4. The molecule has 108 valence electrons. The molecule has 0 aliphatic carbocycles. The van der Waals surface area contributed by atoms with Crippen LogP contribution in [0.5, 0.6) is 5.75 Å².